The van der Waals surface area contributed by atoms with E-state index >= 15 is 0 Å². The fraction of sp³-hybridized carbons (Fsp3) is 0.235. The van der Waals surface area contributed by atoms with E-state index in [4.69, 9.17) is 10.5 Å². The van der Waals surface area contributed by atoms with Gasteiger partial charge in [0.25, 0.3) is 0 Å². The van der Waals surface area contributed by atoms with Crippen LogP contribution in [0.5, 0.6) is 11.5 Å². The Morgan fingerprint density at radius 3 is 2.52 bits per heavy atom. The number of hydrogen-bond donors (Lipinski definition) is 1. The van der Waals surface area contributed by atoms with Gasteiger partial charge in [0.05, 0.1) is 11.7 Å². The molecule has 8 heteroatoms. The summed E-state index contributed by atoms with van der Waals surface area (Å²) in [7, 11) is 1.31. The molecule has 0 saturated carbocycles. The van der Waals surface area contributed by atoms with Gasteiger partial charge in [0, 0.05) is 7.05 Å². The number of amides is 1. The molecule has 1 aliphatic rings. The van der Waals surface area contributed by atoms with Crippen molar-refractivity contribution < 1.29 is 27.1 Å². The van der Waals surface area contributed by atoms with E-state index in [1.165, 1.54) is 31.3 Å². The highest BCUT2D eigenvalue weighted by atomic mass is 19.4. The highest BCUT2D eigenvalue weighted by Gasteiger charge is 2.40. The van der Waals surface area contributed by atoms with Gasteiger partial charge in [-0.25, -0.2) is 4.39 Å². The van der Waals surface area contributed by atoms with E-state index in [2.05, 4.69) is 0 Å². The molecule has 0 aromatic heterocycles. The molecule has 132 valence electrons. The number of nitrogens with two attached hydrogens (primary N) is 1. The molecular weight excluding hydrogens is 340 g/mol. The Kier molecular flexibility index (Phi) is 4.16. The van der Waals surface area contributed by atoms with Gasteiger partial charge >= 0.3 is 6.18 Å². The second kappa shape index (κ2) is 6.03. The van der Waals surface area contributed by atoms with Gasteiger partial charge in [-0.2, -0.15) is 13.2 Å². The Balaban J connectivity index is 2.22. The number of ether oxygens (including phenoxy) is 1. The molecule has 1 atom stereocenters. The van der Waals surface area contributed by atoms with Crippen LogP contribution in [0.15, 0.2) is 36.4 Å². The van der Waals surface area contributed by atoms with Crippen molar-refractivity contribution in [3.05, 3.63) is 53.3 Å². The van der Waals surface area contributed by atoms with Gasteiger partial charge in [-0.05, 0) is 30.2 Å². The van der Waals surface area contributed by atoms with E-state index in [0.717, 1.165) is 17.0 Å². The summed E-state index contributed by atoms with van der Waals surface area (Å²) in [6.45, 7) is 0. The zero-order chi connectivity index (χ0) is 18.4. The van der Waals surface area contributed by atoms with Crippen LogP contribution in [-0.4, -0.2) is 19.0 Å². The van der Waals surface area contributed by atoms with Gasteiger partial charge in [-0.1, -0.05) is 18.2 Å². The first-order valence-electron chi connectivity index (χ1n) is 7.38. The molecule has 0 spiro atoms. The summed E-state index contributed by atoms with van der Waals surface area (Å²) >= 11 is 0. The maximum atomic E-state index is 13.9. The van der Waals surface area contributed by atoms with Gasteiger partial charge < -0.3 is 15.4 Å². The summed E-state index contributed by atoms with van der Waals surface area (Å²) in [6, 6.07) is 6.37. The normalized spacial score (nSPS) is 17.4. The number of carbonyl (C=O) groups is 1. The van der Waals surface area contributed by atoms with Crippen LogP contribution < -0.4 is 15.4 Å². The van der Waals surface area contributed by atoms with Crippen molar-refractivity contribution in [1.82, 2.24) is 0 Å². The van der Waals surface area contributed by atoms with Crippen molar-refractivity contribution >= 4 is 11.6 Å². The first-order valence-corrected chi connectivity index (χ1v) is 7.38. The summed E-state index contributed by atoms with van der Waals surface area (Å²) in [5.74, 6) is -2.32. The number of nitrogens with zero attached hydrogens (tertiary/aromatic N) is 1. The molecule has 2 aromatic carbocycles. The monoisotopic (exact) mass is 354 g/mol. The van der Waals surface area contributed by atoms with Crippen LogP contribution in [0, 0.1) is 5.82 Å². The van der Waals surface area contributed by atoms with Crippen LogP contribution in [0.1, 0.15) is 11.1 Å². The first kappa shape index (κ1) is 17.2. The van der Waals surface area contributed by atoms with Gasteiger partial charge in [0.1, 0.15) is 5.56 Å². The number of carbonyl (C=O) groups excluding carboxylic acids is 1. The molecule has 0 bridgehead atoms. The molecule has 3 rings (SSSR count). The predicted octanol–water partition coefficient (Wildman–Crippen LogP) is 3.48. The fourth-order valence-corrected chi connectivity index (χ4v) is 2.79. The minimum absolute atomic E-state index is 0.0511. The van der Waals surface area contributed by atoms with Gasteiger partial charge in [-0.15, -0.1) is 0 Å². The van der Waals surface area contributed by atoms with Crippen molar-refractivity contribution in [2.45, 2.75) is 18.6 Å². The molecule has 4 nitrogen and oxygen atoms in total. The number of hydrogen-bond acceptors (Lipinski definition) is 3. The van der Waals surface area contributed by atoms with Crippen molar-refractivity contribution in [2.24, 2.45) is 5.73 Å². The van der Waals surface area contributed by atoms with Crippen LogP contribution >= 0.6 is 0 Å². The molecule has 0 aliphatic carbocycles. The first-order chi connectivity index (χ1) is 11.7. The van der Waals surface area contributed by atoms with Crippen molar-refractivity contribution in [3.8, 4) is 11.5 Å². The molecule has 2 aromatic rings. The third kappa shape index (κ3) is 3.05. The van der Waals surface area contributed by atoms with Crippen LogP contribution in [0.4, 0.5) is 23.2 Å². The maximum Gasteiger partial charge on any atom is 0.420 e. The third-order valence-electron chi connectivity index (χ3n) is 3.99. The van der Waals surface area contributed by atoms with Gasteiger partial charge in [-0.3, -0.25) is 4.79 Å². The van der Waals surface area contributed by atoms with E-state index in [-0.39, 0.29) is 17.9 Å². The van der Waals surface area contributed by atoms with E-state index in [1.54, 1.807) is 0 Å². The summed E-state index contributed by atoms with van der Waals surface area (Å²) < 4.78 is 59.4. The smallest absolute Gasteiger partial charge is 0.420 e. The van der Waals surface area contributed by atoms with Crippen molar-refractivity contribution in [2.75, 3.05) is 11.9 Å². The minimum atomic E-state index is -4.74. The van der Waals surface area contributed by atoms with Crippen LogP contribution in [0.2, 0.25) is 0 Å². The Morgan fingerprint density at radius 1 is 1.20 bits per heavy atom. The fourth-order valence-electron chi connectivity index (χ4n) is 2.79. The van der Waals surface area contributed by atoms with Crippen LogP contribution in [0.3, 0.4) is 0 Å². The molecule has 1 amide bonds. The lowest BCUT2D eigenvalue weighted by Gasteiger charge is -2.32. The highest BCUT2D eigenvalue weighted by molar-refractivity contribution is 6.01. The summed E-state index contributed by atoms with van der Waals surface area (Å²) in [5, 5.41) is 0. The topological polar surface area (TPSA) is 55.6 Å². The van der Waals surface area contributed by atoms with E-state index < -0.39 is 35.3 Å². The third-order valence-corrected chi connectivity index (χ3v) is 3.99. The number of para-hydroxylation sites is 1. The Labute approximate surface area is 140 Å². The molecule has 0 unspecified atom stereocenters. The second-order valence-electron chi connectivity index (χ2n) is 5.69. The molecule has 0 radical (unpaired) electrons. The Bertz CT molecular complexity index is 836. The van der Waals surface area contributed by atoms with Crippen molar-refractivity contribution in [1.29, 1.82) is 0 Å². The average molecular weight is 354 g/mol. The van der Waals surface area contributed by atoms with Gasteiger partial charge in [0.15, 0.2) is 17.3 Å². The number of halogens is 4. The molecule has 25 heavy (non-hydrogen) atoms. The molecule has 2 N–H and O–H groups in total. The Hall–Kier alpha value is -2.61. The van der Waals surface area contributed by atoms with Crippen LogP contribution in [-0.2, 0) is 17.4 Å². The van der Waals surface area contributed by atoms with E-state index in [0.29, 0.717) is 5.56 Å². The lowest BCUT2D eigenvalue weighted by molar-refractivity contribution is -0.138. The number of fused-ring (bicyclic) bond motifs is 1. The largest absolute Gasteiger partial charge is 0.451 e. The molecule has 0 saturated heterocycles. The summed E-state index contributed by atoms with van der Waals surface area (Å²) in [5.41, 5.74) is 5.00. The summed E-state index contributed by atoms with van der Waals surface area (Å²) in [6.07, 6.45) is -4.66. The SMILES string of the molecule is CN1C(=O)[C@H](N)Cc2ccc(C(F)(F)F)c(Oc3ccccc3F)c21. The van der Waals surface area contributed by atoms with Gasteiger partial charge in [0.2, 0.25) is 5.91 Å². The number of benzene rings is 2. The summed E-state index contributed by atoms with van der Waals surface area (Å²) in [4.78, 5) is 13.1. The molecular formula is C17H14F4N2O2. The van der Waals surface area contributed by atoms with Crippen LogP contribution in [0.25, 0.3) is 0 Å². The minimum Gasteiger partial charge on any atom is -0.451 e. The standard InChI is InChI=1S/C17H14F4N2O2/c1-23-14-9(8-12(22)16(23)24)6-7-10(17(19,20)21)15(14)25-13-5-3-2-4-11(13)18/h2-7,12H,8,22H2,1H3/t12-/m1/s1. The average Bonchev–Trinajstić information content (AvgIpc) is 2.53. The quantitative estimate of drug-likeness (QED) is 0.840. The predicted molar refractivity (Wildman–Crippen MR) is 83.0 cm³/mol. The zero-order valence-electron chi connectivity index (χ0n) is 13.1. The lowest BCUT2D eigenvalue weighted by atomic mass is 9.95. The molecule has 1 aliphatic heterocycles. The molecule has 0 fully saturated rings. The highest BCUT2D eigenvalue weighted by Crippen LogP contribution is 2.47. The lowest BCUT2D eigenvalue weighted by Crippen LogP contribution is -2.47. The number of likely N-dealkylation sites (N-methyl/N-ethyl adjacent to an activating group) is 1. The second-order valence-corrected chi connectivity index (χ2v) is 5.69. The van der Waals surface area contributed by atoms with E-state index in [9.17, 15) is 22.4 Å². The Morgan fingerprint density at radius 2 is 1.88 bits per heavy atom. The number of anilines is 1. The number of alkyl halides is 3. The molecule has 1 heterocycles. The maximum absolute atomic E-state index is 13.9. The van der Waals surface area contributed by atoms with E-state index in [1.807, 2.05) is 0 Å². The number of rotatable bonds is 2. The van der Waals surface area contributed by atoms with Crippen molar-refractivity contribution in [3.63, 3.8) is 0 Å². The zero-order valence-corrected chi connectivity index (χ0v) is 13.1.